The van der Waals surface area contributed by atoms with Crippen molar-refractivity contribution in [3.05, 3.63) is 34.8 Å². The van der Waals surface area contributed by atoms with Gasteiger partial charge in [0.25, 0.3) is 0 Å². The van der Waals surface area contributed by atoms with Crippen LogP contribution >= 0.6 is 11.3 Å². The second kappa shape index (κ2) is 5.83. The van der Waals surface area contributed by atoms with Crippen molar-refractivity contribution in [2.45, 2.75) is 18.0 Å². The van der Waals surface area contributed by atoms with Gasteiger partial charge in [-0.2, -0.15) is 20.7 Å². The van der Waals surface area contributed by atoms with E-state index in [9.17, 15) is 8.42 Å². The average Bonchev–Trinajstić information content (AvgIpc) is 3.00. The van der Waals surface area contributed by atoms with E-state index >= 15 is 0 Å². The molecule has 6 nitrogen and oxygen atoms in total. The first-order chi connectivity index (χ1) is 9.04. The van der Waals surface area contributed by atoms with Crippen LogP contribution in [0.15, 0.2) is 34.1 Å². The monoisotopic (exact) mass is 300 g/mol. The van der Waals surface area contributed by atoms with Gasteiger partial charge in [0.15, 0.2) is 0 Å². The molecule has 0 unspecified atom stereocenters. The van der Waals surface area contributed by atoms with Gasteiger partial charge in [0.2, 0.25) is 10.0 Å². The van der Waals surface area contributed by atoms with Gasteiger partial charge >= 0.3 is 0 Å². The minimum atomic E-state index is -3.50. The Morgan fingerprint density at radius 1 is 1.53 bits per heavy atom. The van der Waals surface area contributed by atoms with Crippen LogP contribution < -0.4 is 5.73 Å². The fraction of sp³-hybridized carbons (Fsp3) is 0.364. The van der Waals surface area contributed by atoms with E-state index in [-0.39, 0.29) is 4.90 Å². The fourth-order valence-electron chi connectivity index (χ4n) is 1.64. The van der Waals surface area contributed by atoms with E-state index in [2.05, 4.69) is 5.10 Å². The number of nitrogens with two attached hydrogens (primary N) is 1. The zero-order valence-electron chi connectivity index (χ0n) is 10.6. The van der Waals surface area contributed by atoms with Crippen LogP contribution in [0.1, 0.15) is 5.56 Å². The molecule has 104 valence electrons. The molecular formula is C11H16N4O2S2. The van der Waals surface area contributed by atoms with Crippen molar-refractivity contribution in [1.29, 1.82) is 0 Å². The zero-order valence-corrected chi connectivity index (χ0v) is 12.2. The second-order valence-corrected chi connectivity index (χ2v) is 6.95. The van der Waals surface area contributed by atoms with Crippen LogP contribution in [0.4, 0.5) is 0 Å². The molecule has 2 heterocycles. The summed E-state index contributed by atoms with van der Waals surface area (Å²) in [4.78, 5) is 0.193. The minimum Gasteiger partial charge on any atom is -0.329 e. The van der Waals surface area contributed by atoms with Crippen molar-refractivity contribution < 1.29 is 8.42 Å². The van der Waals surface area contributed by atoms with E-state index in [0.29, 0.717) is 19.6 Å². The molecule has 0 amide bonds. The van der Waals surface area contributed by atoms with Crippen LogP contribution in [0.2, 0.25) is 0 Å². The van der Waals surface area contributed by atoms with Crippen LogP contribution in [-0.4, -0.2) is 36.1 Å². The van der Waals surface area contributed by atoms with Gasteiger partial charge in [-0.25, -0.2) is 8.42 Å². The molecule has 0 saturated heterocycles. The first-order valence-electron chi connectivity index (χ1n) is 5.74. The third kappa shape index (κ3) is 3.21. The highest BCUT2D eigenvalue weighted by molar-refractivity contribution is 7.89. The molecule has 0 fully saturated rings. The van der Waals surface area contributed by atoms with Crippen molar-refractivity contribution in [3.8, 4) is 0 Å². The summed E-state index contributed by atoms with van der Waals surface area (Å²) in [6, 6.07) is 1.91. The molecule has 0 radical (unpaired) electrons. The number of nitrogens with zero attached hydrogens (tertiary/aromatic N) is 3. The Morgan fingerprint density at radius 3 is 2.95 bits per heavy atom. The third-order valence-electron chi connectivity index (χ3n) is 2.66. The van der Waals surface area contributed by atoms with Crippen molar-refractivity contribution in [2.75, 3.05) is 13.6 Å². The molecule has 0 aromatic carbocycles. The van der Waals surface area contributed by atoms with Crippen LogP contribution in [-0.2, 0) is 23.1 Å². The SMILES string of the molecule is CN(Cc1ccsc1)S(=O)(=O)c1cnn(CCN)c1. The largest absolute Gasteiger partial charge is 0.329 e. The van der Waals surface area contributed by atoms with Crippen molar-refractivity contribution in [2.24, 2.45) is 5.73 Å². The highest BCUT2D eigenvalue weighted by atomic mass is 32.2. The van der Waals surface area contributed by atoms with E-state index < -0.39 is 10.0 Å². The quantitative estimate of drug-likeness (QED) is 0.852. The van der Waals surface area contributed by atoms with Gasteiger partial charge in [0, 0.05) is 26.3 Å². The average molecular weight is 300 g/mol. The molecular weight excluding hydrogens is 284 g/mol. The molecule has 0 aliphatic rings. The smallest absolute Gasteiger partial charge is 0.246 e. The molecule has 2 aromatic rings. The number of rotatable bonds is 6. The molecule has 8 heteroatoms. The molecule has 0 aliphatic carbocycles. The Morgan fingerprint density at radius 2 is 2.32 bits per heavy atom. The Hall–Kier alpha value is -1.22. The maximum atomic E-state index is 12.3. The topological polar surface area (TPSA) is 81.2 Å². The molecule has 0 aliphatic heterocycles. The van der Waals surface area contributed by atoms with Crippen LogP contribution in [0.25, 0.3) is 0 Å². The highest BCUT2D eigenvalue weighted by Gasteiger charge is 2.22. The Balaban J connectivity index is 2.16. The predicted molar refractivity (Wildman–Crippen MR) is 74.3 cm³/mol. The van der Waals surface area contributed by atoms with Gasteiger partial charge in [-0.3, -0.25) is 4.68 Å². The van der Waals surface area contributed by atoms with Gasteiger partial charge in [0.1, 0.15) is 4.90 Å². The van der Waals surface area contributed by atoms with E-state index in [0.717, 1.165) is 5.56 Å². The summed E-state index contributed by atoms with van der Waals surface area (Å²) in [5, 5.41) is 7.84. The van der Waals surface area contributed by atoms with E-state index in [4.69, 9.17) is 5.73 Å². The Bertz CT molecular complexity index is 619. The fourth-order valence-corrected chi connectivity index (χ4v) is 3.41. The normalized spacial score (nSPS) is 12.2. The van der Waals surface area contributed by atoms with Crippen LogP contribution in [0.3, 0.4) is 0 Å². The van der Waals surface area contributed by atoms with Gasteiger partial charge in [-0.05, 0) is 22.4 Å². The Labute approximate surface area is 116 Å². The standard InChI is InChI=1S/C11H16N4O2S2/c1-14(7-10-2-5-18-9-10)19(16,17)11-6-13-15(8-11)4-3-12/h2,5-6,8-9H,3-4,7,12H2,1H3. The molecule has 0 spiro atoms. The number of hydrogen-bond donors (Lipinski definition) is 1. The summed E-state index contributed by atoms with van der Waals surface area (Å²) < 4.78 is 27.5. The number of sulfonamides is 1. The first kappa shape index (κ1) is 14.2. The van der Waals surface area contributed by atoms with E-state index in [1.807, 2.05) is 16.8 Å². The zero-order chi connectivity index (χ0) is 13.9. The second-order valence-electron chi connectivity index (χ2n) is 4.12. The summed E-state index contributed by atoms with van der Waals surface area (Å²) in [6.45, 7) is 1.28. The third-order valence-corrected chi connectivity index (χ3v) is 5.15. The van der Waals surface area contributed by atoms with Gasteiger partial charge < -0.3 is 5.73 Å². The summed E-state index contributed by atoms with van der Waals surface area (Å²) in [6.07, 6.45) is 2.86. The molecule has 2 N–H and O–H groups in total. The maximum absolute atomic E-state index is 12.3. The lowest BCUT2D eigenvalue weighted by Gasteiger charge is -2.14. The van der Waals surface area contributed by atoms with E-state index in [1.165, 1.54) is 21.4 Å². The minimum absolute atomic E-state index is 0.193. The molecule has 19 heavy (non-hydrogen) atoms. The molecule has 0 bridgehead atoms. The van der Waals surface area contributed by atoms with Crippen molar-refractivity contribution >= 4 is 21.4 Å². The van der Waals surface area contributed by atoms with Crippen LogP contribution in [0, 0.1) is 0 Å². The molecule has 2 rings (SSSR count). The van der Waals surface area contributed by atoms with Gasteiger partial charge in [-0.15, -0.1) is 0 Å². The summed E-state index contributed by atoms with van der Waals surface area (Å²) >= 11 is 1.55. The summed E-state index contributed by atoms with van der Waals surface area (Å²) in [5.41, 5.74) is 6.39. The van der Waals surface area contributed by atoms with Gasteiger partial charge in [-0.1, -0.05) is 0 Å². The Kier molecular flexibility index (Phi) is 4.35. The summed E-state index contributed by atoms with van der Waals surface area (Å²) in [5.74, 6) is 0. The lowest BCUT2D eigenvalue weighted by Crippen LogP contribution is -2.26. The molecule has 0 atom stereocenters. The molecule has 2 aromatic heterocycles. The van der Waals surface area contributed by atoms with Gasteiger partial charge in [0.05, 0.1) is 12.7 Å². The molecule has 0 saturated carbocycles. The van der Waals surface area contributed by atoms with E-state index in [1.54, 1.807) is 18.4 Å². The number of hydrogen-bond acceptors (Lipinski definition) is 5. The predicted octanol–water partition coefficient (Wildman–Crippen LogP) is 0.724. The lowest BCUT2D eigenvalue weighted by atomic mass is 10.3. The van der Waals surface area contributed by atoms with Crippen LogP contribution in [0.5, 0.6) is 0 Å². The summed E-state index contributed by atoms with van der Waals surface area (Å²) in [7, 11) is -1.94. The van der Waals surface area contributed by atoms with Crippen molar-refractivity contribution in [1.82, 2.24) is 14.1 Å². The number of aromatic nitrogens is 2. The highest BCUT2D eigenvalue weighted by Crippen LogP contribution is 2.17. The number of thiophene rings is 1. The lowest BCUT2D eigenvalue weighted by molar-refractivity contribution is 0.467. The van der Waals surface area contributed by atoms with Crippen molar-refractivity contribution in [3.63, 3.8) is 0 Å². The first-order valence-corrected chi connectivity index (χ1v) is 8.12. The maximum Gasteiger partial charge on any atom is 0.246 e.